The number of aliphatic hydroxyl groups excluding tert-OH is 1. The molecule has 1 aliphatic heterocycles. The molecule has 13 nitrogen and oxygen atoms in total. The van der Waals surface area contributed by atoms with Gasteiger partial charge in [-0.2, -0.15) is 0 Å². The number of hydrogen-bond acceptors (Lipinski definition) is 10. The van der Waals surface area contributed by atoms with Crippen molar-refractivity contribution in [2.45, 2.75) is 84.5 Å². The number of aryl methyl sites for hydroxylation is 1. The first-order chi connectivity index (χ1) is 25.4. The third kappa shape index (κ3) is 11.5. The quantitative estimate of drug-likeness (QED) is 0.148. The Bertz CT molecular complexity index is 1610. The summed E-state index contributed by atoms with van der Waals surface area (Å²) < 4.78 is 16.4. The first-order valence-electron chi connectivity index (χ1n) is 18.5. The maximum absolute atomic E-state index is 13.8. The number of aromatic nitrogens is 1. The number of likely N-dealkylation sites (tertiary alicyclic amines) is 1. The molecule has 2 aromatic rings. The van der Waals surface area contributed by atoms with Crippen LogP contribution in [0.15, 0.2) is 29.8 Å². The van der Waals surface area contributed by atoms with Crippen molar-refractivity contribution in [1.82, 2.24) is 25.8 Å². The molecule has 5 rings (SSSR count). The predicted molar refractivity (Wildman–Crippen MR) is 199 cm³/mol. The summed E-state index contributed by atoms with van der Waals surface area (Å²) in [7, 11) is 0. The highest BCUT2D eigenvalue weighted by Crippen LogP contribution is 2.52. The molecule has 288 valence electrons. The maximum atomic E-state index is 13.8. The zero-order valence-corrected chi connectivity index (χ0v) is 32.0. The molecule has 0 radical (unpaired) electrons. The fourth-order valence-electron chi connectivity index (χ4n) is 7.10. The summed E-state index contributed by atoms with van der Waals surface area (Å²) in [5, 5.41) is 18.9. The van der Waals surface area contributed by atoms with Crippen LogP contribution >= 0.6 is 11.3 Å². The average molecular weight is 752 g/mol. The van der Waals surface area contributed by atoms with Crippen molar-refractivity contribution in [3.63, 3.8) is 0 Å². The summed E-state index contributed by atoms with van der Waals surface area (Å²) in [6.45, 7) is 8.69. The number of carbonyl (C=O) groups is 4. The minimum absolute atomic E-state index is 0.0139. The SMILES string of the molecule is Cc1ncsc1-c1ccc(CNC(=O)[C@@H]2C[C@@H](O)CN2C(=O)[C@@H](NC(=O)COCCOCCNC(=O)OCC2[C@H]3CCC#CCC[C@@H]23)C(C)(C)C)cc1. The second-order valence-corrected chi connectivity index (χ2v) is 15.9. The highest BCUT2D eigenvalue weighted by Gasteiger charge is 2.49. The zero-order valence-electron chi connectivity index (χ0n) is 31.2. The number of ether oxygens (including phenoxy) is 3. The monoisotopic (exact) mass is 751 g/mol. The van der Waals surface area contributed by atoms with Gasteiger partial charge < -0.3 is 40.2 Å². The number of thiazole rings is 1. The van der Waals surface area contributed by atoms with Crippen LogP contribution in [-0.2, 0) is 35.1 Å². The Labute approximate surface area is 315 Å². The number of aliphatic hydroxyl groups is 1. The van der Waals surface area contributed by atoms with Gasteiger partial charge in [0.25, 0.3) is 0 Å². The maximum Gasteiger partial charge on any atom is 0.407 e. The van der Waals surface area contributed by atoms with E-state index in [1.807, 2.05) is 57.5 Å². The molecule has 6 atom stereocenters. The Kier molecular flexibility index (Phi) is 14.3. The van der Waals surface area contributed by atoms with Gasteiger partial charge in [0, 0.05) is 38.9 Å². The van der Waals surface area contributed by atoms with Crippen LogP contribution in [0.3, 0.4) is 0 Å². The van der Waals surface area contributed by atoms with Crippen LogP contribution < -0.4 is 16.0 Å². The number of alkyl carbamates (subject to hydrolysis) is 1. The van der Waals surface area contributed by atoms with E-state index in [0.717, 1.165) is 47.4 Å². The average Bonchev–Trinajstić information content (AvgIpc) is 3.36. The molecule has 1 aromatic carbocycles. The Morgan fingerprint density at radius 2 is 1.72 bits per heavy atom. The molecular weight excluding hydrogens is 699 g/mol. The molecule has 1 aromatic heterocycles. The first-order valence-corrected chi connectivity index (χ1v) is 19.4. The van der Waals surface area contributed by atoms with Crippen LogP contribution in [0, 0.1) is 41.9 Å². The molecule has 14 heteroatoms. The van der Waals surface area contributed by atoms with Crippen molar-refractivity contribution in [3.05, 3.63) is 41.0 Å². The molecule has 1 unspecified atom stereocenters. The second-order valence-electron chi connectivity index (χ2n) is 15.1. The van der Waals surface area contributed by atoms with Crippen LogP contribution in [0.2, 0.25) is 0 Å². The van der Waals surface area contributed by atoms with Gasteiger partial charge in [-0.15, -0.1) is 23.2 Å². The number of hydrogen-bond donors (Lipinski definition) is 4. The van der Waals surface area contributed by atoms with E-state index in [2.05, 4.69) is 32.8 Å². The normalized spacial score (nSPS) is 22.7. The summed E-state index contributed by atoms with van der Waals surface area (Å²) in [5.74, 6) is 6.73. The number of amides is 4. The molecule has 4 N–H and O–H groups in total. The van der Waals surface area contributed by atoms with E-state index in [1.54, 1.807) is 11.3 Å². The standard InChI is InChI=1S/C39H53N5O8S/c1-25-34(53-24-42-25)27-13-11-26(12-14-27)20-41-36(47)32-19-28(45)21-44(32)37(48)35(39(2,3)4)43-33(46)23-51-18-17-50-16-15-40-38(49)52-22-31-29-9-7-5-6-8-10-30(29)31/h11-14,24,28-32,35,45H,7-10,15-23H2,1-4H3,(H,40,49)(H,41,47)(H,43,46)/t28-,29-,30+,31?,32+,35-/m1/s1. The topological polar surface area (TPSA) is 168 Å². The van der Waals surface area contributed by atoms with Gasteiger partial charge in [-0.1, -0.05) is 45.0 Å². The van der Waals surface area contributed by atoms with Gasteiger partial charge in [0.15, 0.2) is 0 Å². The van der Waals surface area contributed by atoms with E-state index < -0.39 is 41.5 Å². The Morgan fingerprint density at radius 3 is 2.38 bits per heavy atom. The van der Waals surface area contributed by atoms with E-state index in [4.69, 9.17) is 14.2 Å². The van der Waals surface area contributed by atoms with Gasteiger partial charge in [0.1, 0.15) is 18.7 Å². The summed E-state index contributed by atoms with van der Waals surface area (Å²) >= 11 is 1.57. The lowest BCUT2D eigenvalue weighted by Gasteiger charge is -2.35. The number of rotatable bonds is 16. The van der Waals surface area contributed by atoms with E-state index >= 15 is 0 Å². The van der Waals surface area contributed by atoms with Gasteiger partial charge in [0.2, 0.25) is 17.7 Å². The minimum Gasteiger partial charge on any atom is -0.449 e. The largest absolute Gasteiger partial charge is 0.449 e. The number of β-amino-alcohol motifs (C(OH)–C–C–N with tert-alkyl or cyclic N) is 1. The Balaban J connectivity index is 0.981. The van der Waals surface area contributed by atoms with Gasteiger partial charge in [-0.3, -0.25) is 14.4 Å². The second kappa shape index (κ2) is 18.8. The summed E-state index contributed by atoms with van der Waals surface area (Å²) in [6.07, 6.45) is 2.78. The molecule has 2 fully saturated rings. The van der Waals surface area contributed by atoms with Gasteiger partial charge >= 0.3 is 6.09 Å². The van der Waals surface area contributed by atoms with Crippen LogP contribution in [0.5, 0.6) is 0 Å². The summed E-state index contributed by atoms with van der Waals surface area (Å²) in [4.78, 5) is 58.9. The van der Waals surface area contributed by atoms with Gasteiger partial charge in [0.05, 0.1) is 48.6 Å². The van der Waals surface area contributed by atoms with E-state index in [9.17, 15) is 24.3 Å². The Morgan fingerprint density at radius 1 is 1.02 bits per heavy atom. The van der Waals surface area contributed by atoms with E-state index in [1.165, 1.54) is 4.90 Å². The molecule has 2 aliphatic carbocycles. The molecule has 1 saturated carbocycles. The third-order valence-electron chi connectivity index (χ3n) is 10.1. The number of benzene rings is 1. The van der Waals surface area contributed by atoms with Crippen LogP contribution in [0.1, 0.15) is 64.1 Å². The Hall–Kier alpha value is -4.03. The molecule has 0 bridgehead atoms. The molecule has 1 saturated heterocycles. The first kappa shape index (κ1) is 40.2. The number of carbonyl (C=O) groups excluding carboxylic acids is 4. The lowest BCUT2D eigenvalue weighted by molar-refractivity contribution is -0.144. The van der Waals surface area contributed by atoms with Gasteiger partial charge in [-0.25, -0.2) is 9.78 Å². The number of nitrogens with zero attached hydrogens (tertiary/aromatic N) is 2. The predicted octanol–water partition coefficient (Wildman–Crippen LogP) is 3.43. The van der Waals surface area contributed by atoms with Crippen molar-refractivity contribution in [2.24, 2.45) is 23.2 Å². The third-order valence-corrected chi connectivity index (χ3v) is 11.1. The fourth-order valence-corrected chi connectivity index (χ4v) is 7.91. The highest BCUT2D eigenvalue weighted by molar-refractivity contribution is 7.13. The molecule has 3 aliphatic rings. The van der Waals surface area contributed by atoms with Crippen LogP contribution in [0.4, 0.5) is 4.79 Å². The summed E-state index contributed by atoms with van der Waals surface area (Å²) in [5.41, 5.74) is 4.03. The smallest absolute Gasteiger partial charge is 0.407 e. The van der Waals surface area contributed by atoms with Gasteiger partial charge in [-0.05, 0) is 54.1 Å². The van der Waals surface area contributed by atoms with Crippen molar-refractivity contribution >= 4 is 35.2 Å². The highest BCUT2D eigenvalue weighted by atomic mass is 32.1. The molecule has 0 spiro atoms. The summed E-state index contributed by atoms with van der Waals surface area (Å²) in [6, 6.07) is 6.01. The molecular formula is C39H53N5O8S. The molecule has 4 amide bonds. The van der Waals surface area contributed by atoms with Crippen molar-refractivity contribution in [2.75, 3.05) is 46.1 Å². The lowest BCUT2D eigenvalue weighted by atomic mass is 9.85. The number of nitrogens with one attached hydrogen (secondary N) is 3. The number of fused-ring (bicyclic) bond motifs is 1. The van der Waals surface area contributed by atoms with Crippen LogP contribution in [0.25, 0.3) is 10.4 Å². The van der Waals surface area contributed by atoms with Crippen molar-refractivity contribution in [3.8, 4) is 22.3 Å². The van der Waals surface area contributed by atoms with E-state index in [-0.39, 0.29) is 58.4 Å². The lowest BCUT2D eigenvalue weighted by Crippen LogP contribution is -2.58. The van der Waals surface area contributed by atoms with E-state index in [0.29, 0.717) is 24.4 Å². The van der Waals surface area contributed by atoms with Crippen LogP contribution in [-0.4, -0.2) is 103 Å². The molecule has 2 heterocycles. The zero-order chi connectivity index (χ0) is 38.0. The van der Waals surface area contributed by atoms with Crippen molar-refractivity contribution < 1.29 is 38.5 Å². The fraction of sp³-hybridized carbons (Fsp3) is 0.615. The molecule has 53 heavy (non-hydrogen) atoms. The minimum atomic E-state index is -0.962. The van der Waals surface area contributed by atoms with Crippen molar-refractivity contribution in [1.29, 1.82) is 0 Å².